The molecule has 1 aliphatic carbocycles. The highest BCUT2D eigenvalue weighted by Crippen LogP contribution is 2.53. The van der Waals surface area contributed by atoms with Crippen molar-refractivity contribution in [3.05, 3.63) is 28.3 Å². The van der Waals surface area contributed by atoms with Gasteiger partial charge in [-0.1, -0.05) is 17.7 Å². The van der Waals surface area contributed by atoms with Crippen LogP contribution in [0.25, 0.3) is 0 Å². The van der Waals surface area contributed by atoms with Crippen molar-refractivity contribution in [2.24, 2.45) is 0 Å². The average Bonchev–Trinajstić information content (AvgIpc) is 3.40. The van der Waals surface area contributed by atoms with Crippen LogP contribution in [0.5, 0.6) is 0 Å². The van der Waals surface area contributed by atoms with Crippen LogP contribution in [0.15, 0.2) is 17.0 Å². The minimum absolute atomic E-state index is 0.196. The van der Waals surface area contributed by atoms with Gasteiger partial charge in [-0.2, -0.15) is 5.26 Å². The number of thioether (sulfide) groups is 1. The topological polar surface area (TPSA) is 110 Å². The van der Waals surface area contributed by atoms with Gasteiger partial charge in [0.1, 0.15) is 4.75 Å². The Morgan fingerprint density at radius 1 is 1.19 bits per heavy atom. The zero-order chi connectivity index (χ0) is 19.2. The summed E-state index contributed by atoms with van der Waals surface area (Å²) in [5.41, 5.74) is 2.75. The maximum absolute atomic E-state index is 9.64. The summed E-state index contributed by atoms with van der Waals surface area (Å²) in [4.78, 5) is 20.4. The Balaban J connectivity index is 0.000000260. The number of carboxylic acids is 2. The molecule has 8 heteroatoms. The molecule has 1 saturated carbocycles. The first-order chi connectivity index (χ1) is 12.4. The van der Waals surface area contributed by atoms with E-state index >= 15 is 0 Å². The summed E-state index contributed by atoms with van der Waals surface area (Å²) in [6.07, 6.45) is 3.46. The molecular weight excluding hydrogens is 376 g/mol. The van der Waals surface area contributed by atoms with E-state index in [-0.39, 0.29) is 17.6 Å². The number of carboxylic acid groups (broad SMARTS) is 2. The lowest BCUT2D eigenvalue weighted by molar-refractivity contribution is -0.143. The number of benzene rings is 1. The average molecular weight is 397 g/mol. The van der Waals surface area contributed by atoms with Crippen molar-refractivity contribution in [2.45, 2.75) is 48.2 Å². The molecule has 0 amide bonds. The minimum Gasteiger partial charge on any atom is -0.481 e. The predicted molar refractivity (Wildman–Crippen MR) is 99.7 cm³/mol. The molecule has 0 aromatic heterocycles. The first-order valence-electron chi connectivity index (χ1n) is 8.42. The van der Waals surface area contributed by atoms with Crippen molar-refractivity contribution >= 4 is 35.3 Å². The van der Waals surface area contributed by atoms with Crippen molar-refractivity contribution in [2.75, 3.05) is 13.1 Å². The van der Waals surface area contributed by atoms with Crippen molar-refractivity contribution in [1.29, 1.82) is 5.26 Å². The fraction of sp³-hybridized carbons (Fsp3) is 0.500. The highest BCUT2D eigenvalue weighted by atomic mass is 35.5. The molecule has 1 fully saturated rings. The van der Waals surface area contributed by atoms with E-state index in [1.165, 1.54) is 11.1 Å². The van der Waals surface area contributed by atoms with Gasteiger partial charge >= 0.3 is 11.9 Å². The zero-order valence-corrected chi connectivity index (χ0v) is 15.8. The monoisotopic (exact) mass is 396 g/mol. The van der Waals surface area contributed by atoms with E-state index in [1.54, 1.807) is 11.8 Å². The standard InChI is InChI=1S/C14H15ClN2S.C4H6O4/c15-12-2-1-10-3-7-17-8-4-11(10)13(12)18-14(9-16)5-6-14;5-3(6)1-2-4(7)8/h1-2,17H,3-8H2;1-2H2,(H,5,6)(H,7,8). The Labute approximate surface area is 161 Å². The molecular formula is C18H21ClN2O4S. The Morgan fingerprint density at radius 2 is 1.81 bits per heavy atom. The van der Waals surface area contributed by atoms with Crippen LogP contribution in [0.1, 0.15) is 36.8 Å². The van der Waals surface area contributed by atoms with Crippen LogP contribution >= 0.6 is 23.4 Å². The summed E-state index contributed by atoms with van der Waals surface area (Å²) in [7, 11) is 0. The summed E-state index contributed by atoms with van der Waals surface area (Å²) in [5, 5.41) is 29.3. The van der Waals surface area contributed by atoms with Crippen LogP contribution in [-0.2, 0) is 22.4 Å². The summed E-state index contributed by atoms with van der Waals surface area (Å²) in [6.45, 7) is 2.03. The fourth-order valence-corrected chi connectivity index (χ4v) is 4.14. The van der Waals surface area contributed by atoms with Gasteiger partial charge in [0.05, 0.1) is 23.9 Å². The number of aliphatic carboxylic acids is 2. The summed E-state index contributed by atoms with van der Waals surface area (Å²) >= 11 is 8.04. The number of carbonyl (C=O) groups is 2. The molecule has 0 atom stereocenters. The van der Waals surface area contributed by atoms with Gasteiger partial charge < -0.3 is 15.5 Å². The molecule has 1 aromatic carbocycles. The molecule has 0 bridgehead atoms. The second-order valence-electron chi connectivity index (χ2n) is 6.26. The van der Waals surface area contributed by atoms with Gasteiger partial charge in [0.2, 0.25) is 0 Å². The van der Waals surface area contributed by atoms with Crippen LogP contribution < -0.4 is 5.32 Å². The molecule has 3 N–H and O–H groups in total. The third-order valence-electron chi connectivity index (χ3n) is 4.19. The quantitative estimate of drug-likeness (QED) is 0.701. The van der Waals surface area contributed by atoms with Crippen molar-refractivity contribution in [3.8, 4) is 6.07 Å². The summed E-state index contributed by atoms with van der Waals surface area (Å²) in [6, 6.07) is 6.57. The molecule has 1 aromatic rings. The number of rotatable bonds is 5. The van der Waals surface area contributed by atoms with Gasteiger partial charge in [-0.25, -0.2) is 0 Å². The van der Waals surface area contributed by atoms with Gasteiger partial charge in [0, 0.05) is 4.90 Å². The Bertz CT molecular complexity index is 715. The van der Waals surface area contributed by atoms with Gasteiger partial charge in [0.25, 0.3) is 0 Å². The highest BCUT2D eigenvalue weighted by Gasteiger charge is 2.45. The maximum atomic E-state index is 9.64. The van der Waals surface area contributed by atoms with E-state index in [2.05, 4.69) is 17.5 Å². The normalized spacial score (nSPS) is 16.9. The molecule has 1 aliphatic heterocycles. The smallest absolute Gasteiger partial charge is 0.303 e. The van der Waals surface area contributed by atoms with E-state index in [0.29, 0.717) is 0 Å². The number of nitriles is 1. The highest BCUT2D eigenvalue weighted by molar-refractivity contribution is 8.01. The fourth-order valence-electron chi connectivity index (χ4n) is 2.58. The summed E-state index contributed by atoms with van der Waals surface area (Å²) < 4.78 is -0.196. The zero-order valence-electron chi connectivity index (χ0n) is 14.3. The molecule has 26 heavy (non-hydrogen) atoms. The Hall–Kier alpha value is -1.75. The second kappa shape index (κ2) is 9.26. The first kappa shape index (κ1) is 20.6. The SMILES string of the molecule is N#CC1(Sc2c(Cl)ccc3c2CCNCC3)CC1.O=C(O)CCC(=O)O. The van der Waals surface area contributed by atoms with E-state index in [4.69, 9.17) is 21.8 Å². The number of halogens is 1. The predicted octanol–water partition coefficient (Wildman–Crippen LogP) is 3.11. The molecule has 0 unspecified atom stereocenters. The van der Waals surface area contributed by atoms with Gasteiger partial charge in [-0.3, -0.25) is 9.59 Å². The molecule has 6 nitrogen and oxygen atoms in total. The van der Waals surface area contributed by atoms with Crippen LogP contribution in [0, 0.1) is 11.3 Å². The first-order valence-corrected chi connectivity index (χ1v) is 9.61. The molecule has 140 valence electrons. The largest absolute Gasteiger partial charge is 0.481 e. The molecule has 0 radical (unpaired) electrons. The van der Waals surface area contributed by atoms with E-state index in [9.17, 15) is 14.9 Å². The second-order valence-corrected chi connectivity index (χ2v) is 8.06. The lowest BCUT2D eigenvalue weighted by atomic mass is 10.0. The van der Waals surface area contributed by atoms with Crippen LogP contribution in [-0.4, -0.2) is 40.0 Å². The van der Waals surface area contributed by atoms with Crippen LogP contribution in [0.2, 0.25) is 5.02 Å². The third-order valence-corrected chi connectivity index (χ3v) is 6.18. The van der Waals surface area contributed by atoms with E-state index in [0.717, 1.165) is 48.7 Å². The molecule has 1 heterocycles. The summed E-state index contributed by atoms with van der Waals surface area (Å²) in [5.74, 6) is -2.15. The molecule has 2 aliphatic rings. The Morgan fingerprint density at radius 3 is 2.35 bits per heavy atom. The van der Waals surface area contributed by atoms with E-state index in [1.807, 2.05) is 6.07 Å². The molecule has 0 saturated heterocycles. The lowest BCUT2D eigenvalue weighted by Gasteiger charge is -2.15. The van der Waals surface area contributed by atoms with Gasteiger partial charge in [-0.05, 0) is 56.0 Å². The number of hydrogen-bond donors (Lipinski definition) is 3. The molecule has 0 spiro atoms. The number of fused-ring (bicyclic) bond motifs is 1. The third kappa shape index (κ3) is 5.90. The van der Waals surface area contributed by atoms with Crippen molar-refractivity contribution in [3.63, 3.8) is 0 Å². The van der Waals surface area contributed by atoms with Crippen LogP contribution in [0.4, 0.5) is 0 Å². The van der Waals surface area contributed by atoms with Gasteiger partial charge in [-0.15, -0.1) is 11.8 Å². The molecule has 3 rings (SSSR count). The van der Waals surface area contributed by atoms with Gasteiger partial charge in [0.15, 0.2) is 0 Å². The van der Waals surface area contributed by atoms with E-state index < -0.39 is 11.9 Å². The minimum atomic E-state index is -1.08. The number of nitrogens with one attached hydrogen (secondary N) is 1. The maximum Gasteiger partial charge on any atom is 0.303 e. The van der Waals surface area contributed by atoms with Crippen molar-refractivity contribution in [1.82, 2.24) is 5.32 Å². The Kier molecular flexibility index (Phi) is 7.33. The number of hydrogen-bond acceptors (Lipinski definition) is 5. The van der Waals surface area contributed by atoms with Crippen molar-refractivity contribution < 1.29 is 19.8 Å². The lowest BCUT2D eigenvalue weighted by Crippen LogP contribution is -2.16. The number of nitrogens with zero attached hydrogens (tertiary/aromatic N) is 1. The van der Waals surface area contributed by atoms with Crippen LogP contribution in [0.3, 0.4) is 0 Å².